The van der Waals surface area contributed by atoms with Crippen LogP contribution in [0.15, 0.2) is 0 Å². The quantitative estimate of drug-likeness (QED) is 0.723. The molecule has 0 aromatic rings. The van der Waals surface area contributed by atoms with Crippen molar-refractivity contribution in [3.63, 3.8) is 0 Å². The summed E-state index contributed by atoms with van der Waals surface area (Å²) in [6.07, 6.45) is -1.42. The zero-order chi connectivity index (χ0) is 12.4. The molecule has 16 heavy (non-hydrogen) atoms. The van der Waals surface area contributed by atoms with Gasteiger partial charge in [0.05, 0.1) is 0 Å². The molecule has 0 bridgehead atoms. The van der Waals surface area contributed by atoms with Crippen molar-refractivity contribution in [3.8, 4) is 0 Å². The summed E-state index contributed by atoms with van der Waals surface area (Å²) in [5, 5.41) is 0. The minimum absolute atomic E-state index is 0.141. The van der Waals surface area contributed by atoms with Gasteiger partial charge in [0.2, 0.25) is 0 Å². The topological polar surface area (TPSA) is 20.3 Å². The molecule has 0 spiro atoms. The van der Waals surface area contributed by atoms with Gasteiger partial charge in [0.15, 0.2) is 0 Å². The third-order valence-electron chi connectivity index (χ3n) is 3.85. The SMILES string of the molecule is CCC1(CC)CCN(C(=O)C(F)(F)F)CC1. The fourth-order valence-corrected chi connectivity index (χ4v) is 2.32. The van der Waals surface area contributed by atoms with Crippen molar-refractivity contribution in [2.24, 2.45) is 5.41 Å². The number of carbonyl (C=O) groups is 1. The Hall–Kier alpha value is -0.740. The molecule has 1 aliphatic heterocycles. The predicted molar refractivity (Wildman–Crippen MR) is 54.9 cm³/mol. The molecule has 0 radical (unpaired) electrons. The second-order valence-corrected chi connectivity index (χ2v) is 4.50. The Balaban J connectivity index is 2.59. The molecule has 1 heterocycles. The Kier molecular flexibility index (Phi) is 3.86. The van der Waals surface area contributed by atoms with Crippen molar-refractivity contribution in [3.05, 3.63) is 0 Å². The first-order valence-electron chi connectivity index (χ1n) is 5.71. The van der Waals surface area contributed by atoms with Crippen LogP contribution < -0.4 is 0 Å². The van der Waals surface area contributed by atoms with Crippen molar-refractivity contribution in [1.82, 2.24) is 4.90 Å². The van der Waals surface area contributed by atoms with Gasteiger partial charge in [-0.2, -0.15) is 13.2 Å². The largest absolute Gasteiger partial charge is 0.471 e. The van der Waals surface area contributed by atoms with E-state index in [4.69, 9.17) is 0 Å². The highest BCUT2D eigenvalue weighted by Gasteiger charge is 2.44. The molecule has 2 nitrogen and oxygen atoms in total. The summed E-state index contributed by atoms with van der Waals surface area (Å²) in [6.45, 7) is 4.59. The van der Waals surface area contributed by atoms with Crippen LogP contribution in [-0.4, -0.2) is 30.1 Å². The number of hydrogen-bond donors (Lipinski definition) is 0. The van der Waals surface area contributed by atoms with Crippen molar-refractivity contribution in [2.45, 2.75) is 45.7 Å². The number of halogens is 3. The van der Waals surface area contributed by atoms with Gasteiger partial charge in [-0.3, -0.25) is 4.79 Å². The number of alkyl halides is 3. The minimum atomic E-state index is -4.72. The smallest absolute Gasteiger partial charge is 0.335 e. The molecule has 0 aromatic heterocycles. The summed E-state index contributed by atoms with van der Waals surface area (Å²) in [6, 6.07) is 0. The fourth-order valence-electron chi connectivity index (χ4n) is 2.32. The molecule has 0 atom stereocenters. The van der Waals surface area contributed by atoms with E-state index in [0.717, 1.165) is 17.7 Å². The number of piperidine rings is 1. The average molecular weight is 237 g/mol. The van der Waals surface area contributed by atoms with Crippen LogP contribution in [0.4, 0.5) is 13.2 Å². The summed E-state index contributed by atoms with van der Waals surface area (Å²) >= 11 is 0. The van der Waals surface area contributed by atoms with Gasteiger partial charge in [-0.25, -0.2) is 0 Å². The zero-order valence-corrected chi connectivity index (χ0v) is 9.73. The summed E-state index contributed by atoms with van der Waals surface area (Å²) in [7, 11) is 0. The Bertz CT molecular complexity index is 248. The molecule has 0 N–H and O–H groups in total. The van der Waals surface area contributed by atoms with E-state index in [1.165, 1.54) is 0 Å². The third-order valence-corrected chi connectivity index (χ3v) is 3.85. The Morgan fingerprint density at radius 1 is 1.19 bits per heavy atom. The number of hydrogen-bond acceptors (Lipinski definition) is 1. The standard InChI is InChI=1S/C11H18F3NO/c1-3-10(4-2)5-7-15(8-6-10)9(16)11(12,13)14/h3-8H2,1-2H3. The van der Waals surface area contributed by atoms with E-state index in [1.807, 2.05) is 0 Å². The van der Waals surface area contributed by atoms with E-state index >= 15 is 0 Å². The lowest BCUT2D eigenvalue weighted by atomic mass is 9.74. The number of carbonyl (C=O) groups excluding carboxylic acids is 1. The minimum Gasteiger partial charge on any atom is -0.335 e. The molecule has 1 rings (SSSR count). The third kappa shape index (κ3) is 2.68. The van der Waals surface area contributed by atoms with Gasteiger partial charge in [-0.05, 0) is 18.3 Å². The van der Waals surface area contributed by atoms with Crippen molar-refractivity contribution >= 4 is 5.91 Å². The van der Waals surface area contributed by atoms with Crippen LogP contribution in [0, 0.1) is 5.41 Å². The van der Waals surface area contributed by atoms with Crippen molar-refractivity contribution < 1.29 is 18.0 Å². The number of likely N-dealkylation sites (tertiary alicyclic amines) is 1. The van der Waals surface area contributed by atoms with Gasteiger partial charge in [-0.15, -0.1) is 0 Å². The molecule has 5 heteroatoms. The maximum atomic E-state index is 12.2. The Morgan fingerprint density at radius 2 is 1.62 bits per heavy atom. The molecule has 94 valence electrons. The van der Waals surface area contributed by atoms with Crippen molar-refractivity contribution in [2.75, 3.05) is 13.1 Å². The van der Waals surface area contributed by atoms with Crippen LogP contribution >= 0.6 is 0 Å². The number of nitrogens with zero attached hydrogens (tertiary/aromatic N) is 1. The molecule has 0 saturated carbocycles. The molecule has 1 saturated heterocycles. The van der Waals surface area contributed by atoms with Gasteiger partial charge in [0, 0.05) is 13.1 Å². The highest BCUT2D eigenvalue weighted by molar-refractivity contribution is 5.81. The van der Waals surface area contributed by atoms with E-state index in [1.54, 1.807) is 0 Å². The van der Waals surface area contributed by atoms with Crippen LogP contribution in [0.3, 0.4) is 0 Å². The summed E-state index contributed by atoms with van der Waals surface area (Å²) in [5.41, 5.74) is 0.141. The summed E-state index contributed by atoms with van der Waals surface area (Å²) < 4.78 is 36.6. The summed E-state index contributed by atoms with van der Waals surface area (Å²) in [4.78, 5) is 11.9. The van der Waals surface area contributed by atoms with E-state index in [-0.39, 0.29) is 18.5 Å². The lowest BCUT2D eigenvalue weighted by Gasteiger charge is -2.41. The van der Waals surface area contributed by atoms with Crippen molar-refractivity contribution in [1.29, 1.82) is 0 Å². The summed E-state index contributed by atoms with van der Waals surface area (Å²) in [5.74, 6) is -1.69. The molecule has 1 amide bonds. The molecule has 0 aliphatic carbocycles. The van der Waals surface area contributed by atoms with Gasteiger partial charge in [0.25, 0.3) is 0 Å². The lowest BCUT2D eigenvalue weighted by Crippen LogP contribution is -2.47. The van der Waals surface area contributed by atoms with Gasteiger partial charge in [-0.1, -0.05) is 26.7 Å². The second-order valence-electron chi connectivity index (χ2n) is 4.50. The zero-order valence-electron chi connectivity index (χ0n) is 9.73. The molecule has 0 aromatic carbocycles. The van der Waals surface area contributed by atoms with E-state index < -0.39 is 12.1 Å². The van der Waals surface area contributed by atoms with Gasteiger partial charge < -0.3 is 4.90 Å². The highest BCUT2D eigenvalue weighted by atomic mass is 19.4. The maximum Gasteiger partial charge on any atom is 0.471 e. The molecule has 1 aliphatic rings. The average Bonchev–Trinajstić information content (AvgIpc) is 2.27. The first-order chi connectivity index (χ1) is 7.34. The maximum absolute atomic E-state index is 12.2. The Morgan fingerprint density at radius 3 is 1.94 bits per heavy atom. The van der Waals surface area contributed by atoms with E-state index in [9.17, 15) is 18.0 Å². The normalized spacial score (nSPS) is 20.9. The first-order valence-corrected chi connectivity index (χ1v) is 5.71. The fraction of sp³-hybridized carbons (Fsp3) is 0.909. The lowest BCUT2D eigenvalue weighted by molar-refractivity contribution is -0.187. The number of amides is 1. The van der Waals surface area contributed by atoms with E-state index in [2.05, 4.69) is 13.8 Å². The Labute approximate surface area is 93.8 Å². The van der Waals surface area contributed by atoms with Crippen LogP contribution in [0.2, 0.25) is 0 Å². The van der Waals surface area contributed by atoms with Crippen LogP contribution in [0.5, 0.6) is 0 Å². The van der Waals surface area contributed by atoms with Crippen LogP contribution in [0.25, 0.3) is 0 Å². The first kappa shape index (κ1) is 13.3. The van der Waals surface area contributed by atoms with Crippen LogP contribution in [-0.2, 0) is 4.79 Å². The molecule has 1 fully saturated rings. The number of rotatable bonds is 2. The monoisotopic (exact) mass is 237 g/mol. The molecular formula is C11H18F3NO. The van der Waals surface area contributed by atoms with Crippen LogP contribution in [0.1, 0.15) is 39.5 Å². The second kappa shape index (κ2) is 4.63. The molecule has 0 unspecified atom stereocenters. The van der Waals surface area contributed by atoms with Gasteiger partial charge >= 0.3 is 12.1 Å². The van der Waals surface area contributed by atoms with Gasteiger partial charge in [0.1, 0.15) is 0 Å². The highest BCUT2D eigenvalue weighted by Crippen LogP contribution is 2.38. The predicted octanol–water partition coefficient (Wildman–Crippen LogP) is 2.98. The van der Waals surface area contributed by atoms with E-state index in [0.29, 0.717) is 12.8 Å². The molecular weight excluding hydrogens is 219 g/mol.